The Morgan fingerprint density at radius 2 is 2.19 bits per heavy atom. The Morgan fingerprint density at radius 1 is 1.38 bits per heavy atom. The largest absolute Gasteiger partial charge is 0.457 e. The fraction of sp³-hybridized carbons (Fsp3) is 0.222. The molecule has 0 aliphatic carbocycles. The lowest BCUT2D eigenvalue weighted by Crippen LogP contribution is -2.14. The van der Waals surface area contributed by atoms with Crippen molar-refractivity contribution in [3.63, 3.8) is 0 Å². The van der Waals surface area contributed by atoms with E-state index < -0.39 is 5.97 Å². The molecular formula is C18H17N3O4S. The fourth-order valence-electron chi connectivity index (χ4n) is 2.38. The number of esters is 1. The van der Waals surface area contributed by atoms with Crippen molar-refractivity contribution in [2.45, 2.75) is 20.3 Å². The van der Waals surface area contributed by atoms with E-state index >= 15 is 0 Å². The van der Waals surface area contributed by atoms with Gasteiger partial charge in [-0.1, -0.05) is 40.8 Å². The molecule has 0 radical (unpaired) electrons. The number of benzene rings is 1. The number of nitrogens with one attached hydrogen (secondary N) is 1. The van der Waals surface area contributed by atoms with Crippen molar-refractivity contribution in [3.8, 4) is 0 Å². The summed E-state index contributed by atoms with van der Waals surface area (Å²) >= 11 is 1.07. The van der Waals surface area contributed by atoms with Gasteiger partial charge < -0.3 is 14.6 Å². The molecule has 26 heavy (non-hydrogen) atoms. The van der Waals surface area contributed by atoms with E-state index in [1.807, 2.05) is 25.1 Å². The van der Waals surface area contributed by atoms with Crippen LogP contribution >= 0.6 is 11.3 Å². The summed E-state index contributed by atoms with van der Waals surface area (Å²) in [6.07, 6.45) is 1.53. The Labute approximate surface area is 153 Å². The summed E-state index contributed by atoms with van der Waals surface area (Å²) in [4.78, 5) is 28.8. The molecule has 0 saturated heterocycles. The Kier molecular flexibility index (Phi) is 5.13. The van der Waals surface area contributed by atoms with Gasteiger partial charge in [-0.25, -0.2) is 9.78 Å². The number of nitrogens with zero attached hydrogens (tertiary/aromatic N) is 2. The molecule has 3 rings (SSSR count). The first-order chi connectivity index (χ1) is 12.5. The average Bonchev–Trinajstić information content (AvgIpc) is 3.16. The van der Waals surface area contributed by atoms with Gasteiger partial charge in [-0.05, 0) is 26.0 Å². The summed E-state index contributed by atoms with van der Waals surface area (Å²) in [5.41, 5.74) is 2.75. The maximum absolute atomic E-state index is 12.3. The van der Waals surface area contributed by atoms with Crippen LogP contribution in [0.3, 0.4) is 0 Å². The van der Waals surface area contributed by atoms with Crippen molar-refractivity contribution in [1.29, 1.82) is 0 Å². The minimum absolute atomic E-state index is 0.0469. The van der Waals surface area contributed by atoms with Crippen molar-refractivity contribution in [1.82, 2.24) is 10.1 Å². The highest BCUT2D eigenvalue weighted by atomic mass is 32.1. The maximum Gasteiger partial charge on any atom is 0.350 e. The molecule has 1 N–H and O–H groups in total. The van der Waals surface area contributed by atoms with Crippen molar-refractivity contribution in [2.75, 3.05) is 11.9 Å². The molecule has 3 aromatic rings. The zero-order valence-corrected chi connectivity index (χ0v) is 15.2. The molecule has 1 aromatic carbocycles. The highest BCUT2D eigenvalue weighted by Gasteiger charge is 2.19. The van der Waals surface area contributed by atoms with Crippen LogP contribution in [0.1, 0.15) is 26.6 Å². The first-order valence-electron chi connectivity index (χ1n) is 7.88. The van der Waals surface area contributed by atoms with E-state index in [9.17, 15) is 9.59 Å². The summed E-state index contributed by atoms with van der Waals surface area (Å²) in [6, 6.07) is 5.67. The molecule has 134 valence electrons. The van der Waals surface area contributed by atoms with E-state index in [2.05, 4.69) is 22.0 Å². The van der Waals surface area contributed by atoms with Gasteiger partial charge in [-0.15, -0.1) is 0 Å². The van der Waals surface area contributed by atoms with Gasteiger partial charge in [0.05, 0.1) is 12.1 Å². The number of hydrogen-bond acceptors (Lipinski definition) is 7. The van der Waals surface area contributed by atoms with Gasteiger partial charge in [0.1, 0.15) is 17.2 Å². The van der Waals surface area contributed by atoms with Crippen LogP contribution in [0.5, 0.6) is 0 Å². The van der Waals surface area contributed by atoms with Gasteiger partial charge in [0.2, 0.25) is 5.91 Å². The number of amides is 1. The van der Waals surface area contributed by atoms with Gasteiger partial charge in [-0.2, -0.15) is 0 Å². The Balaban J connectivity index is 1.71. The molecule has 0 fully saturated rings. The lowest BCUT2D eigenvalue weighted by atomic mass is 10.1. The molecule has 1 amide bonds. The van der Waals surface area contributed by atoms with E-state index in [0.717, 1.165) is 22.3 Å². The predicted octanol–water partition coefficient (Wildman–Crippen LogP) is 3.43. The van der Waals surface area contributed by atoms with E-state index in [0.29, 0.717) is 27.0 Å². The zero-order chi connectivity index (χ0) is 18.7. The number of hydrogen-bond donors (Lipinski definition) is 1. The van der Waals surface area contributed by atoms with Gasteiger partial charge in [-0.3, -0.25) is 4.79 Å². The van der Waals surface area contributed by atoms with Crippen LogP contribution in [0.4, 0.5) is 5.13 Å². The van der Waals surface area contributed by atoms with Gasteiger partial charge in [0, 0.05) is 5.39 Å². The van der Waals surface area contributed by atoms with E-state index in [4.69, 9.17) is 9.26 Å². The third kappa shape index (κ3) is 3.80. The fourth-order valence-corrected chi connectivity index (χ4v) is 3.26. The molecule has 7 nitrogen and oxygen atoms in total. The molecule has 0 unspecified atom stereocenters. The number of aryl methyl sites for hydroxylation is 2. The minimum atomic E-state index is -0.488. The quantitative estimate of drug-likeness (QED) is 0.527. The molecule has 2 heterocycles. The smallest absolute Gasteiger partial charge is 0.350 e. The number of carbonyl (C=O) groups is 2. The maximum atomic E-state index is 12.3. The number of fused-ring (bicyclic) bond motifs is 1. The third-order valence-corrected chi connectivity index (χ3v) is 4.64. The lowest BCUT2D eigenvalue weighted by Gasteiger charge is -2.00. The van der Waals surface area contributed by atoms with E-state index in [-0.39, 0.29) is 18.9 Å². The summed E-state index contributed by atoms with van der Waals surface area (Å²) in [7, 11) is 0. The molecule has 0 aliphatic rings. The summed E-state index contributed by atoms with van der Waals surface area (Å²) in [5, 5.41) is 7.80. The average molecular weight is 371 g/mol. The van der Waals surface area contributed by atoms with Gasteiger partial charge in [0.15, 0.2) is 10.7 Å². The minimum Gasteiger partial charge on any atom is -0.457 e. The SMILES string of the molecule is C=CCOC(=O)c1sc(NC(=O)Cc2noc3ccc(C)cc23)nc1C. The molecule has 8 heteroatoms. The van der Waals surface area contributed by atoms with Crippen LogP contribution in [0.25, 0.3) is 11.0 Å². The second-order valence-corrected chi connectivity index (χ2v) is 6.67. The van der Waals surface area contributed by atoms with Crippen molar-refractivity contribution in [2.24, 2.45) is 0 Å². The molecule has 0 saturated carbocycles. The predicted molar refractivity (Wildman–Crippen MR) is 98.4 cm³/mol. The standard InChI is InChI=1S/C18H17N3O4S/c1-4-7-24-17(23)16-11(3)19-18(26-16)20-15(22)9-13-12-8-10(2)5-6-14(12)25-21-13/h4-6,8H,1,7,9H2,2-3H3,(H,19,20,22). The van der Waals surface area contributed by atoms with Crippen LogP contribution in [-0.4, -0.2) is 28.6 Å². The van der Waals surface area contributed by atoms with Crippen LogP contribution in [-0.2, 0) is 16.0 Å². The first kappa shape index (κ1) is 17.8. The molecule has 0 spiro atoms. The Bertz CT molecular complexity index is 990. The molecule has 0 atom stereocenters. The Hall–Kier alpha value is -3.00. The van der Waals surface area contributed by atoms with Gasteiger partial charge in [0.25, 0.3) is 0 Å². The normalized spacial score (nSPS) is 10.7. The highest BCUT2D eigenvalue weighted by Crippen LogP contribution is 2.24. The number of thiazole rings is 1. The second kappa shape index (κ2) is 7.49. The van der Waals surface area contributed by atoms with Crippen molar-refractivity contribution < 1.29 is 18.8 Å². The lowest BCUT2D eigenvalue weighted by molar-refractivity contribution is -0.115. The first-order valence-corrected chi connectivity index (χ1v) is 8.69. The van der Waals surface area contributed by atoms with Crippen LogP contribution in [0, 0.1) is 13.8 Å². The monoisotopic (exact) mass is 371 g/mol. The topological polar surface area (TPSA) is 94.3 Å². The van der Waals surface area contributed by atoms with Gasteiger partial charge >= 0.3 is 5.97 Å². The summed E-state index contributed by atoms with van der Waals surface area (Å²) in [5.74, 6) is -0.778. The van der Waals surface area contributed by atoms with E-state index in [1.54, 1.807) is 6.92 Å². The van der Waals surface area contributed by atoms with E-state index in [1.165, 1.54) is 6.08 Å². The number of anilines is 1. The van der Waals surface area contributed by atoms with Crippen LogP contribution in [0.2, 0.25) is 0 Å². The highest BCUT2D eigenvalue weighted by molar-refractivity contribution is 7.17. The number of aromatic nitrogens is 2. The van der Waals surface area contributed by atoms with Crippen molar-refractivity contribution >= 4 is 39.3 Å². The number of rotatable bonds is 6. The van der Waals surface area contributed by atoms with Crippen LogP contribution < -0.4 is 5.32 Å². The van der Waals surface area contributed by atoms with Crippen LogP contribution in [0.15, 0.2) is 35.4 Å². The van der Waals surface area contributed by atoms with Crippen molar-refractivity contribution in [3.05, 3.63) is 52.7 Å². The number of ether oxygens (including phenoxy) is 1. The molecule has 2 aromatic heterocycles. The number of carbonyl (C=O) groups excluding carboxylic acids is 2. The molecular weight excluding hydrogens is 354 g/mol. The third-order valence-electron chi connectivity index (χ3n) is 3.59. The summed E-state index contributed by atoms with van der Waals surface area (Å²) in [6.45, 7) is 7.26. The summed E-state index contributed by atoms with van der Waals surface area (Å²) < 4.78 is 10.2. The molecule has 0 aliphatic heterocycles. The zero-order valence-electron chi connectivity index (χ0n) is 14.4. The Morgan fingerprint density at radius 3 is 2.96 bits per heavy atom. The second-order valence-electron chi connectivity index (χ2n) is 5.67. The molecule has 0 bridgehead atoms.